The second-order valence-electron chi connectivity index (χ2n) is 11.4. The van der Waals surface area contributed by atoms with E-state index >= 15 is 4.79 Å². The first-order chi connectivity index (χ1) is 23.8. The van der Waals surface area contributed by atoms with E-state index in [4.69, 9.17) is 9.47 Å². The zero-order valence-corrected chi connectivity index (χ0v) is 27.2. The number of para-hydroxylation sites is 2. The molecule has 1 atom stereocenters. The average Bonchev–Trinajstić information content (AvgIpc) is 3.39. The highest BCUT2D eigenvalue weighted by molar-refractivity contribution is 7.93. The molecule has 1 saturated heterocycles. The minimum absolute atomic E-state index is 0.0148. The summed E-state index contributed by atoms with van der Waals surface area (Å²) in [6.45, 7) is 3.38. The Hall–Kier alpha value is -6.00. The highest BCUT2D eigenvalue weighted by Crippen LogP contribution is 2.52. The third-order valence-electron chi connectivity index (χ3n) is 8.64. The monoisotopic (exact) mass is 674 g/mol. The summed E-state index contributed by atoms with van der Waals surface area (Å²) in [7, 11) is -4.67. The number of benzene rings is 3. The van der Waals surface area contributed by atoms with Crippen molar-refractivity contribution in [1.82, 2.24) is 14.9 Å². The Labute approximate surface area is 282 Å². The van der Waals surface area contributed by atoms with Crippen LogP contribution in [-0.2, 0) is 25.2 Å². The van der Waals surface area contributed by atoms with E-state index in [2.05, 4.69) is 16.0 Å². The molecule has 0 saturated carbocycles. The van der Waals surface area contributed by atoms with Gasteiger partial charge in [-0.05, 0) is 55.5 Å². The number of piperazine rings is 1. The Morgan fingerprint density at radius 3 is 2.41 bits per heavy atom. The topological polar surface area (TPSA) is 146 Å². The second-order valence-corrected chi connectivity index (χ2v) is 13.1. The Kier molecular flexibility index (Phi) is 8.09. The van der Waals surface area contributed by atoms with Crippen LogP contribution in [0.1, 0.15) is 23.6 Å². The van der Waals surface area contributed by atoms with E-state index in [1.807, 2.05) is 23.1 Å². The van der Waals surface area contributed by atoms with Crippen molar-refractivity contribution >= 4 is 44.4 Å². The molecule has 0 aliphatic carbocycles. The Morgan fingerprint density at radius 1 is 0.898 bits per heavy atom. The number of hydrogen-bond acceptors (Lipinski definition) is 10. The number of rotatable bonds is 7. The van der Waals surface area contributed by atoms with E-state index < -0.39 is 27.6 Å². The van der Waals surface area contributed by atoms with Gasteiger partial charge >= 0.3 is 6.09 Å². The number of pyridine rings is 2. The molecule has 4 heterocycles. The number of anilines is 2. The number of hydrogen-bond donors (Lipinski definition) is 0. The molecule has 1 fully saturated rings. The van der Waals surface area contributed by atoms with Gasteiger partial charge in [-0.25, -0.2) is 18.2 Å². The first kappa shape index (κ1) is 31.6. The van der Waals surface area contributed by atoms with Crippen molar-refractivity contribution in [3.63, 3.8) is 0 Å². The summed E-state index contributed by atoms with van der Waals surface area (Å²) >= 11 is 0. The number of amides is 2. The van der Waals surface area contributed by atoms with Gasteiger partial charge in [0.15, 0.2) is 0 Å². The number of nitriles is 1. The van der Waals surface area contributed by atoms with Crippen molar-refractivity contribution in [2.24, 2.45) is 0 Å². The molecule has 2 aliphatic rings. The normalized spacial score (nSPS) is 17.5. The summed E-state index contributed by atoms with van der Waals surface area (Å²) in [4.78, 5) is 41.3. The predicted molar refractivity (Wildman–Crippen MR) is 180 cm³/mol. The van der Waals surface area contributed by atoms with E-state index in [0.29, 0.717) is 22.8 Å². The zero-order valence-electron chi connectivity index (χ0n) is 26.4. The lowest BCUT2D eigenvalue weighted by Gasteiger charge is -2.37. The summed E-state index contributed by atoms with van der Waals surface area (Å²) in [5, 5.41) is 10.5. The van der Waals surface area contributed by atoms with Gasteiger partial charge in [0, 0.05) is 49.5 Å². The maximum Gasteiger partial charge on any atom is 0.411 e. The molecule has 2 aliphatic heterocycles. The van der Waals surface area contributed by atoms with Crippen molar-refractivity contribution in [3.8, 4) is 11.8 Å². The average molecular weight is 675 g/mol. The van der Waals surface area contributed by atoms with Crippen LogP contribution in [0.25, 0.3) is 10.9 Å². The highest BCUT2D eigenvalue weighted by Gasteiger charge is 2.61. The summed E-state index contributed by atoms with van der Waals surface area (Å²) < 4.78 is 42.3. The van der Waals surface area contributed by atoms with Crippen LogP contribution >= 0.6 is 0 Å². The van der Waals surface area contributed by atoms with Crippen molar-refractivity contribution in [1.29, 1.82) is 5.26 Å². The van der Waals surface area contributed by atoms with Crippen molar-refractivity contribution < 1.29 is 27.5 Å². The smallest absolute Gasteiger partial charge is 0.411 e. The lowest BCUT2D eigenvalue weighted by molar-refractivity contribution is -0.132. The number of ether oxygens (including phenoxy) is 2. The SMILES string of the molecule is CCOc1ccccc1C1(OC(=O)N2CCN(c3ccccn3)CC2)C(=O)N(S(=O)(=O)c2cccc3cccnc23)c2ccc(C#N)cc21. The van der Waals surface area contributed by atoms with Crippen molar-refractivity contribution in [2.75, 3.05) is 42.0 Å². The van der Waals surface area contributed by atoms with Gasteiger partial charge in [-0.2, -0.15) is 9.57 Å². The molecule has 12 nitrogen and oxygen atoms in total. The minimum Gasteiger partial charge on any atom is -0.493 e. The van der Waals surface area contributed by atoms with Gasteiger partial charge in [0.05, 0.1) is 35.0 Å². The summed E-state index contributed by atoms with van der Waals surface area (Å²) in [6.07, 6.45) is 2.33. The van der Waals surface area contributed by atoms with Gasteiger partial charge in [0.2, 0.25) is 5.60 Å². The molecule has 5 aromatic rings. The number of aromatic nitrogens is 2. The number of nitrogens with zero attached hydrogens (tertiary/aromatic N) is 6. The summed E-state index contributed by atoms with van der Waals surface area (Å²) in [5.41, 5.74) is -1.96. The van der Waals surface area contributed by atoms with Gasteiger partial charge in [0.25, 0.3) is 15.9 Å². The van der Waals surface area contributed by atoms with Crippen LogP contribution in [0.5, 0.6) is 5.75 Å². The number of fused-ring (bicyclic) bond motifs is 2. The fourth-order valence-electron chi connectivity index (χ4n) is 6.36. The number of carbonyl (C=O) groups excluding carboxylic acids is 2. The molecule has 0 radical (unpaired) electrons. The van der Waals surface area contributed by atoms with Crippen molar-refractivity contribution in [2.45, 2.75) is 17.4 Å². The van der Waals surface area contributed by atoms with Gasteiger partial charge in [-0.1, -0.05) is 42.5 Å². The van der Waals surface area contributed by atoms with Crippen LogP contribution in [0.4, 0.5) is 16.3 Å². The first-order valence-corrected chi connectivity index (χ1v) is 17.1. The van der Waals surface area contributed by atoms with Crippen LogP contribution in [0, 0.1) is 11.3 Å². The second kappa shape index (κ2) is 12.6. The van der Waals surface area contributed by atoms with E-state index in [1.54, 1.807) is 61.7 Å². The first-order valence-electron chi connectivity index (χ1n) is 15.6. The minimum atomic E-state index is -4.67. The van der Waals surface area contributed by atoms with Crippen molar-refractivity contribution in [3.05, 3.63) is 120 Å². The molecule has 0 bridgehead atoms. The molecule has 49 heavy (non-hydrogen) atoms. The van der Waals surface area contributed by atoms with Crippen LogP contribution in [0.3, 0.4) is 0 Å². The summed E-state index contributed by atoms with van der Waals surface area (Å²) in [6, 6.07) is 26.4. The molecule has 3 aromatic carbocycles. The third-order valence-corrected chi connectivity index (χ3v) is 10.4. The lowest BCUT2D eigenvalue weighted by Crippen LogP contribution is -2.53. The van der Waals surface area contributed by atoms with E-state index in [1.165, 1.54) is 35.4 Å². The molecule has 1 unspecified atom stereocenters. The van der Waals surface area contributed by atoms with E-state index in [9.17, 15) is 18.5 Å². The fourth-order valence-corrected chi connectivity index (χ4v) is 7.99. The maximum absolute atomic E-state index is 15.1. The Morgan fingerprint density at radius 2 is 1.65 bits per heavy atom. The molecule has 246 valence electrons. The largest absolute Gasteiger partial charge is 0.493 e. The predicted octanol–water partition coefficient (Wildman–Crippen LogP) is 4.84. The zero-order chi connectivity index (χ0) is 34.2. The standard InChI is InChI=1S/C36H30N6O6S/c1-2-47-30-12-4-3-11-27(30)36(48-35(44)41-21-19-40(20-22-41)32-14-5-6-17-38-32)28-23-25(24-37)15-16-29(28)42(34(36)43)49(45,46)31-13-7-9-26-10-8-18-39-33(26)31/h3-18,23H,2,19-22H2,1H3. The Balaban J connectivity index is 1.37. The number of carbonyl (C=O) groups is 2. The van der Waals surface area contributed by atoms with Gasteiger partial charge < -0.3 is 19.3 Å². The van der Waals surface area contributed by atoms with Crippen LogP contribution in [0.2, 0.25) is 0 Å². The molecule has 2 amide bonds. The van der Waals surface area contributed by atoms with E-state index in [0.717, 1.165) is 5.82 Å². The summed E-state index contributed by atoms with van der Waals surface area (Å²) in [5.74, 6) is -0.0750. The van der Waals surface area contributed by atoms with Gasteiger partial charge in [0.1, 0.15) is 16.5 Å². The highest BCUT2D eigenvalue weighted by atomic mass is 32.2. The fraction of sp³-hybridized carbons (Fsp3) is 0.194. The maximum atomic E-state index is 15.1. The van der Waals surface area contributed by atoms with Crippen LogP contribution < -0.4 is 13.9 Å². The van der Waals surface area contributed by atoms with Gasteiger partial charge in [-0.3, -0.25) is 9.78 Å². The lowest BCUT2D eigenvalue weighted by atomic mass is 9.85. The molecule has 2 aromatic heterocycles. The van der Waals surface area contributed by atoms with Gasteiger partial charge in [-0.15, -0.1) is 0 Å². The Bertz CT molecular complexity index is 2230. The quantitative estimate of drug-likeness (QED) is 0.235. The number of sulfonamides is 1. The van der Waals surface area contributed by atoms with Crippen LogP contribution in [-0.4, -0.2) is 68.1 Å². The molecule has 7 rings (SSSR count). The molecule has 0 N–H and O–H groups in total. The third kappa shape index (κ3) is 5.26. The molecular formula is C36H30N6O6S. The van der Waals surface area contributed by atoms with Crippen LogP contribution in [0.15, 0.2) is 108 Å². The molecular weight excluding hydrogens is 644 g/mol. The molecule has 13 heteroatoms. The van der Waals surface area contributed by atoms with E-state index in [-0.39, 0.29) is 58.2 Å². The molecule has 0 spiro atoms.